The number of hydrogen-bond donors (Lipinski definition) is 2. The van der Waals surface area contributed by atoms with Crippen LogP contribution < -0.4 is 11.1 Å². The number of nitrogens with one attached hydrogen (secondary N) is 1. The summed E-state index contributed by atoms with van der Waals surface area (Å²) in [5.74, 6) is -0.346. The number of hydrogen-bond acceptors (Lipinski definition) is 4. The maximum atomic E-state index is 11.0. The standard InChI is InChI=1S/C9H12N2O2S/c10-9(12)8-6(1-2-14-8)3-7-4-11-5-13-7/h1-2,7,11H,3-5H2,(H2,10,12). The van der Waals surface area contributed by atoms with Gasteiger partial charge in [-0.3, -0.25) is 10.1 Å². The molecule has 0 bridgehead atoms. The fraction of sp³-hybridized carbons (Fsp3) is 0.444. The van der Waals surface area contributed by atoms with Gasteiger partial charge < -0.3 is 10.5 Å². The van der Waals surface area contributed by atoms with Gasteiger partial charge in [-0.15, -0.1) is 11.3 Å². The first kappa shape index (κ1) is 9.64. The van der Waals surface area contributed by atoms with Gasteiger partial charge in [-0.05, 0) is 17.0 Å². The van der Waals surface area contributed by atoms with Crippen molar-refractivity contribution < 1.29 is 9.53 Å². The summed E-state index contributed by atoms with van der Waals surface area (Å²) in [5.41, 5.74) is 6.24. The van der Waals surface area contributed by atoms with Crippen molar-refractivity contribution in [1.29, 1.82) is 0 Å². The van der Waals surface area contributed by atoms with Crippen molar-refractivity contribution in [1.82, 2.24) is 5.32 Å². The van der Waals surface area contributed by atoms with Gasteiger partial charge >= 0.3 is 0 Å². The van der Waals surface area contributed by atoms with Crippen LogP contribution in [-0.2, 0) is 11.2 Å². The highest BCUT2D eigenvalue weighted by Gasteiger charge is 2.19. The summed E-state index contributed by atoms with van der Waals surface area (Å²) in [6.45, 7) is 1.44. The van der Waals surface area contributed by atoms with Gasteiger partial charge in [0.1, 0.15) is 0 Å². The van der Waals surface area contributed by atoms with Crippen LogP contribution in [0.2, 0.25) is 0 Å². The second-order valence-corrected chi connectivity index (χ2v) is 4.15. The van der Waals surface area contributed by atoms with Crippen LogP contribution in [0.3, 0.4) is 0 Å². The second-order valence-electron chi connectivity index (χ2n) is 3.23. The molecule has 1 unspecified atom stereocenters. The molecule has 1 fully saturated rings. The van der Waals surface area contributed by atoms with Crippen LogP contribution in [-0.4, -0.2) is 25.3 Å². The fourth-order valence-corrected chi connectivity index (χ4v) is 2.33. The van der Waals surface area contributed by atoms with E-state index in [1.54, 1.807) is 0 Å². The van der Waals surface area contributed by atoms with Gasteiger partial charge in [-0.1, -0.05) is 0 Å². The van der Waals surface area contributed by atoms with E-state index in [1.807, 2.05) is 11.4 Å². The number of carbonyl (C=O) groups excluding carboxylic acids is 1. The molecule has 5 heteroatoms. The number of ether oxygens (including phenoxy) is 1. The third-order valence-electron chi connectivity index (χ3n) is 2.21. The Kier molecular flexibility index (Phi) is 2.81. The molecule has 4 nitrogen and oxygen atoms in total. The maximum Gasteiger partial charge on any atom is 0.259 e. The predicted molar refractivity (Wildman–Crippen MR) is 54.3 cm³/mol. The zero-order valence-corrected chi connectivity index (χ0v) is 8.47. The molecule has 1 atom stereocenters. The van der Waals surface area contributed by atoms with Crippen molar-refractivity contribution in [3.05, 3.63) is 21.9 Å². The number of nitrogens with two attached hydrogens (primary N) is 1. The molecule has 2 rings (SSSR count). The molecule has 2 heterocycles. The first-order valence-electron chi connectivity index (χ1n) is 4.46. The molecular formula is C9H12N2O2S. The molecule has 3 N–H and O–H groups in total. The normalized spacial score (nSPS) is 21.3. The topological polar surface area (TPSA) is 64.4 Å². The minimum atomic E-state index is -0.346. The molecule has 0 saturated carbocycles. The Morgan fingerprint density at radius 1 is 1.79 bits per heavy atom. The first-order chi connectivity index (χ1) is 6.77. The fourth-order valence-electron chi connectivity index (χ4n) is 1.54. The van der Waals surface area contributed by atoms with E-state index in [2.05, 4.69) is 5.32 Å². The zero-order valence-electron chi connectivity index (χ0n) is 7.66. The summed E-state index contributed by atoms with van der Waals surface area (Å²) < 4.78 is 5.40. The molecular weight excluding hydrogens is 200 g/mol. The Bertz CT molecular complexity index is 331. The highest BCUT2D eigenvalue weighted by molar-refractivity contribution is 7.12. The lowest BCUT2D eigenvalue weighted by Gasteiger charge is -2.07. The molecule has 14 heavy (non-hydrogen) atoms. The largest absolute Gasteiger partial charge is 0.365 e. The van der Waals surface area contributed by atoms with E-state index >= 15 is 0 Å². The van der Waals surface area contributed by atoms with Crippen molar-refractivity contribution in [2.24, 2.45) is 5.73 Å². The maximum absolute atomic E-state index is 11.0. The molecule has 0 spiro atoms. The number of primary amides is 1. The number of amides is 1. The lowest BCUT2D eigenvalue weighted by atomic mass is 10.1. The smallest absolute Gasteiger partial charge is 0.259 e. The van der Waals surface area contributed by atoms with Crippen LogP contribution in [0.5, 0.6) is 0 Å². The Balaban J connectivity index is 2.07. The average molecular weight is 212 g/mol. The summed E-state index contributed by atoms with van der Waals surface area (Å²) in [6, 6.07) is 1.94. The van der Waals surface area contributed by atoms with Gasteiger partial charge in [0.25, 0.3) is 5.91 Å². The van der Waals surface area contributed by atoms with Crippen LogP contribution in [0, 0.1) is 0 Å². The molecule has 0 radical (unpaired) electrons. The minimum Gasteiger partial charge on any atom is -0.365 e. The van der Waals surface area contributed by atoms with Gasteiger partial charge in [-0.2, -0.15) is 0 Å². The van der Waals surface area contributed by atoms with Crippen LogP contribution in [0.1, 0.15) is 15.2 Å². The van der Waals surface area contributed by atoms with Crippen LogP contribution in [0.15, 0.2) is 11.4 Å². The van der Waals surface area contributed by atoms with Gasteiger partial charge in [0.05, 0.1) is 17.7 Å². The third kappa shape index (κ3) is 1.95. The van der Waals surface area contributed by atoms with Crippen LogP contribution in [0.25, 0.3) is 0 Å². The lowest BCUT2D eigenvalue weighted by Crippen LogP contribution is -2.19. The Morgan fingerprint density at radius 2 is 2.64 bits per heavy atom. The summed E-state index contributed by atoms with van der Waals surface area (Å²) in [5, 5.41) is 4.99. The summed E-state index contributed by atoms with van der Waals surface area (Å²) in [4.78, 5) is 11.7. The van der Waals surface area contributed by atoms with E-state index in [0.29, 0.717) is 11.6 Å². The van der Waals surface area contributed by atoms with E-state index < -0.39 is 0 Å². The van der Waals surface area contributed by atoms with Gasteiger partial charge in [0.2, 0.25) is 0 Å². The quantitative estimate of drug-likeness (QED) is 0.759. The van der Waals surface area contributed by atoms with E-state index in [-0.39, 0.29) is 12.0 Å². The number of carbonyl (C=O) groups is 1. The van der Waals surface area contributed by atoms with Crippen molar-refractivity contribution in [2.75, 3.05) is 13.3 Å². The van der Waals surface area contributed by atoms with E-state index in [4.69, 9.17) is 10.5 Å². The van der Waals surface area contributed by atoms with Gasteiger partial charge in [-0.25, -0.2) is 0 Å². The highest BCUT2D eigenvalue weighted by Crippen LogP contribution is 2.19. The van der Waals surface area contributed by atoms with Crippen LogP contribution in [0.4, 0.5) is 0 Å². The van der Waals surface area contributed by atoms with Crippen molar-refractivity contribution in [2.45, 2.75) is 12.5 Å². The predicted octanol–water partition coefficient (Wildman–Crippen LogP) is 0.335. The highest BCUT2D eigenvalue weighted by atomic mass is 32.1. The van der Waals surface area contributed by atoms with Gasteiger partial charge in [0.15, 0.2) is 0 Å². The van der Waals surface area contributed by atoms with Crippen molar-refractivity contribution >= 4 is 17.2 Å². The summed E-state index contributed by atoms with van der Waals surface area (Å²) >= 11 is 1.39. The third-order valence-corrected chi connectivity index (χ3v) is 3.18. The molecule has 1 aliphatic heterocycles. The van der Waals surface area contributed by atoms with Crippen LogP contribution >= 0.6 is 11.3 Å². The Morgan fingerprint density at radius 3 is 3.29 bits per heavy atom. The lowest BCUT2D eigenvalue weighted by molar-refractivity contribution is 0.0999. The molecule has 0 aliphatic carbocycles. The second kappa shape index (κ2) is 4.08. The summed E-state index contributed by atoms with van der Waals surface area (Å²) in [7, 11) is 0. The van der Waals surface area contributed by atoms with E-state index in [0.717, 1.165) is 18.5 Å². The SMILES string of the molecule is NC(=O)c1sccc1CC1CNCO1. The first-order valence-corrected chi connectivity index (χ1v) is 5.34. The van der Waals surface area contributed by atoms with Crippen molar-refractivity contribution in [3.63, 3.8) is 0 Å². The molecule has 1 aromatic heterocycles. The molecule has 1 aromatic rings. The van der Waals surface area contributed by atoms with Gasteiger partial charge in [0, 0.05) is 13.0 Å². The molecule has 76 valence electrons. The molecule has 1 saturated heterocycles. The van der Waals surface area contributed by atoms with E-state index in [1.165, 1.54) is 11.3 Å². The van der Waals surface area contributed by atoms with E-state index in [9.17, 15) is 4.79 Å². The number of thiophene rings is 1. The molecule has 1 aliphatic rings. The zero-order chi connectivity index (χ0) is 9.97. The average Bonchev–Trinajstić information content (AvgIpc) is 2.75. The number of rotatable bonds is 3. The summed E-state index contributed by atoms with van der Waals surface area (Å²) in [6.07, 6.45) is 0.928. The monoisotopic (exact) mass is 212 g/mol. The Hall–Kier alpha value is -0.910. The Labute approximate surface area is 86.1 Å². The molecule has 1 amide bonds. The minimum absolute atomic E-state index is 0.169. The van der Waals surface area contributed by atoms with Crippen molar-refractivity contribution in [3.8, 4) is 0 Å². The molecule has 0 aromatic carbocycles.